The largest absolute Gasteiger partial charge is 0.497 e. The van der Waals surface area contributed by atoms with Gasteiger partial charge in [0, 0.05) is 19.2 Å². The van der Waals surface area contributed by atoms with Crippen LogP contribution in [0.1, 0.15) is 20.8 Å². The number of methoxy groups -OCH3 is 1. The number of hydrogen-bond donors (Lipinski definition) is 0. The number of amides is 1. The molecule has 20 heavy (non-hydrogen) atoms. The summed E-state index contributed by atoms with van der Waals surface area (Å²) in [7, 11) is 2.86. The number of rotatable bonds is 3. The van der Waals surface area contributed by atoms with E-state index < -0.39 is 16.6 Å². The number of carbonyl (C=O) groups is 1. The lowest BCUT2D eigenvalue weighted by Crippen LogP contribution is -2.34. The molecule has 1 rings (SSSR count). The minimum atomic E-state index is -0.682. The van der Waals surface area contributed by atoms with Gasteiger partial charge in [0.05, 0.1) is 12.0 Å². The zero-order valence-electron chi connectivity index (χ0n) is 12.2. The third-order valence-corrected chi connectivity index (χ3v) is 2.41. The summed E-state index contributed by atoms with van der Waals surface area (Å²) in [6.45, 7) is 5.16. The van der Waals surface area contributed by atoms with Gasteiger partial charge in [-0.3, -0.25) is 15.0 Å². The lowest BCUT2D eigenvalue weighted by molar-refractivity contribution is -0.384. The molecule has 0 radical (unpaired) electrons. The molecule has 1 aromatic carbocycles. The lowest BCUT2D eigenvalue weighted by Gasteiger charge is -2.24. The topological polar surface area (TPSA) is 81.9 Å². The highest BCUT2D eigenvalue weighted by Gasteiger charge is 2.26. The molecule has 0 aliphatic heterocycles. The summed E-state index contributed by atoms with van der Waals surface area (Å²) in [6.07, 6.45) is -0.672. The molecule has 1 aromatic rings. The smallest absolute Gasteiger partial charge is 0.414 e. The molecule has 110 valence electrons. The van der Waals surface area contributed by atoms with Crippen molar-refractivity contribution in [2.75, 3.05) is 19.1 Å². The number of hydrogen-bond acceptors (Lipinski definition) is 5. The van der Waals surface area contributed by atoms with E-state index in [1.54, 1.807) is 20.8 Å². The van der Waals surface area contributed by atoms with Crippen molar-refractivity contribution >= 4 is 17.5 Å². The average Bonchev–Trinajstić information content (AvgIpc) is 2.34. The molecule has 0 saturated carbocycles. The minimum absolute atomic E-state index is 0.114. The number of nitro groups is 1. The first-order valence-corrected chi connectivity index (χ1v) is 5.95. The molecule has 7 heteroatoms. The van der Waals surface area contributed by atoms with Gasteiger partial charge in [0.15, 0.2) is 0 Å². The Bertz CT molecular complexity index is 522. The van der Waals surface area contributed by atoms with Gasteiger partial charge >= 0.3 is 6.09 Å². The van der Waals surface area contributed by atoms with Crippen molar-refractivity contribution in [3.8, 4) is 5.75 Å². The highest BCUT2D eigenvalue weighted by molar-refractivity contribution is 5.90. The molecule has 0 unspecified atom stereocenters. The summed E-state index contributed by atoms with van der Waals surface area (Å²) in [4.78, 5) is 23.5. The van der Waals surface area contributed by atoms with Crippen molar-refractivity contribution < 1.29 is 19.2 Å². The molecule has 0 heterocycles. The van der Waals surface area contributed by atoms with Crippen molar-refractivity contribution in [3.05, 3.63) is 28.3 Å². The molecule has 0 aliphatic carbocycles. The van der Waals surface area contributed by atoms with E-state index in [9.17, 15) is 14.9 Å². The predicted molar refractivity (Wildman–Crippen MR) is 74.3 cm³/mol. The van der Waals surface area contributed by atoms with Crippen molar-refractivity contribution in [1.82, 2.24) is 0 Å². The van der Waals surface area contributed by atoms with Crippen LogP contribution in [0, 0.1) is 10.1 Å². The van der Waals surface area contributed by atoms with E-state index in [1.807, 2.05) is 0 Å². The summed E-state index contributed by atoms with van der Waals surface area (Å²) in [5.74, 6) is 0.418. The Morgan fingerprint density at radius 3 is 2.40 bits per heavy atom. The molecular weight excluding hydrogens is 264 g/mol. The van der Waals surface area contributed by atoms with Gasteiger partial charge in [0.2, 0.25) is 0 Å². The Kier molecular flexibility index (Phi) is 4.54. The maximum atomic E-state index is 12.0. The number of benzene rings is 1. The monoisotopic (exact) mass is 282 g/mol. The van der Waals surface area contributed by atoms with Crippen LogP contribution in [0.5, 0.6) is 5.75 Å². The number of ether oxygens (including phenoxy) is 2. The van der Waals surface area contributed by atoms with Gasteiger partial charge in [-0.2, -0.15) is 0 Å². The van der Waals surface area contributed by atoms with Gasteiger partial charge in [-0.15, -0.1) is 0 Å². The summed E-state index contributed by atoms with van der Waals surface area (Å²) in [5, 5.41) is 11.0. The maximum Gasteiger partial charge on any atom is 0.414 e. The second-order valence-corrected chi connectivity index (χ2v) is 5.15. The van der Waals surface area contributed by atoms with E-state index in [0.29, 0.717) is 5.75 Å². The molecule has 0 fully saturated rings. The molecule has 7 nitrogen and oxygen atoms in total. The van der Waals surface area contributed by atoms with Crippen LogP contribution in [-0.2, 0) is 4.74 Å². The maximum absolute atomic E-state index is 12.0. The van der Waals surface area contributed by atoms with Gasteiger partial charge < -0.3 is 9.47 Å². The molecule has 0 bridgehead atoms. The first-order chi connectivity index (χ1) is 9.15. The number of anilines is 1. The van der Waals surface area contributed by atoms with Gasteiger partial charge in [-0.05, 0) is 26.8 Å². The molecule has 0 saturated heterocycles. The second-order valence-electron chi connectivity index (χ2n) is 5.15. The average molecular weight is 282 g/mol. The van der Waals surface area contributed by atoms with Crippen molar-refractivity contribution in [3.63, 3.8) is 0 Å². The highest BCUT2D eigenvalue weighted by atomic mass is 16.6. The van der Waals surface area contributed by atoms with Gasteiger partial charge in [0.1, 0.15) is 17.0 Å². The fourth-order valence-electron chi connectivity index (χ4n) is 1.48. The van der Waals surface area contributed by atoms with Crippen molar-refractivity contribution in [1.29, 1.82) is 0 Å². The van der Waals surface area contributed by atoms with Crippen LogP contribution in [0.25, 0.3) is 0 Å². The van der Waals surface area contributed by atoms with Gasteiger partial charge in [-0.1, -0.05) is 0 Å². The number of nitro benzene ring substituents is 1. The van der Waals surface area contributed by atoms with Crippen LogP contribution in [0.4, 0.5) is 16.2 Å². The summed E-state index contributed by atoms with van der Waals surface area (Å²) < 4.78 is 10.2. The van der Waals surface area contributed by atoms with Gasteiger partial charge in [-0.25, -0.2) is 4.79 Å². The third-order valence-electron chi connectivity index (χ3n) is 2.41. The zero-order chi connectivity index (χ0) is 15.5. The van der Waals surface area contributed by atoms with E-state index in [1.165, 1.54) is 32.4 Å². The normalized spacial score (nSPS) is 10.8. The van der Waals surface area contributed by atoms with E-state index >= 15 is 0 Å². The Morgan fingerprint density at radius 1 is 1.35 bits per heavy atom. The van der Waals surface area contributed by atoms with Crippen LogP contribution >= 0.6 is 0 Å². The molecular formula is C13H18N2O5. The van der Waals surface area contributed by atoms with Crippen LogP contribution in [-0.4, -0.2) is 30.8 Å². The third kappa shape index (κ3) is 3.84. The molecule has 0 atom stereocenters. The number of carbonyl (C=O) groups excluding carboxylic acids is 1. The van der Waals surface area contributed by atoms with E-state index in [0.717, 1.165) is 4.90 Å². The molecule has 0 N–H and O–H groups in total. The Morgan fingerprint density at radius 2 is 1.95 bits per heavy atom. The Labute approximate surface area is 117 Å². The van der Waals surface area contributed by atoms with Crippen LogP contribution in [0.15, 0.2) is 18.2 Å². The first kappa shape index (κ1) is 15.7. The molecule has 0 aliphatic rings. The van der Waals surface area contributed by atoms with Crippen LogP contribution in [0.3, 0.4) is 0 Å². The van der Waals surface area contributed by atoms with E-state index in [-0.39, 0.29) is 11.4 Å². The fraction of sp³-hybridized carbons (Fsp3) is 0.462. The fourth-order valence-corrected chi connectivity index (χ4v) is 1.48. The summed E-state index contributed by atoms with van der Waals surface area (Å²) in [6, 6.07) is 4.17. The van der Waals surface area contributed by atoms with E-state index in [4.69, 9.17) is 9.47 Å². The lowest BCUT2D eigenvalue weighted by atomic mass is 10.2. The van der Waals surface area contributed by atoms with Crippen LogP contribution < -0.4 is 9.64 Å². The SMILES string of the molecule is COc1ccc([N+](=O)[O-])c(N(C)C(=O)OC(C)(C)C)c1. The second kappa shape index (κ2) is 5.77. The first-order valence-electron chi connectivity index (χ1n) is 5.95. The highest BCUT2D eigenvalue weighted by Crippen LogP contribution is 2.32. The Balaban J connectivity index is 3.15. The summed E-state index contributed by atoms with van der Waals surface area (Å²) in [5.41, 5.74) is -0.762. The van der Waals surface area contributed by atoms with Crippen molar-refractivity contribution in [2.45, 2.75) is 26.4 Å². The van der Waals surface area contributed by atoms with E-state index in [2.05, 4.69) is 0 Å². The van der Waals surface area contributed by atoms with Crippen LogP contribution in [0.2, 0.25) is 0 Å². The minimum Gasteiger partial charge on any atom is -0.497 e. The standard InChI is InChI=1S/C13H18N2O5/c1-13(2,3)20-12(16)14(4)11-8-9(19-5)6-7-10(11)15(17)18/h6-8H,1-5H3. The molecule has 1 amide bonds. The summed E-state index contributed by atoms with van der Waals surface area (Å²) >= 11 is 0. The molecule has 0 aromatic heterocycles. The quantitative estimate of drug-likeness (QED) is 0.628. The zero-order valence-corrected chi connectivity index (χ0v) is 12.2. The number of nitrogens with zero attached hydrogens (tertiary/aromatic N) is 2. The predicted octanol–water partition coefficient (Wildman–Crippen LogP) is 2.97. The van der Waals surface area contributed by atoms with Crippen molar-refractivity contribution in [2.24, 2.45) is 0 Å². The Hall–Kier alpha value is -2.31. The van der Waals surface area contributed by atoms with Gasteiger partial charge in [0.25, 0.3) is 5.69 Å². The molecule has 0 spiro atoms.